The summed E-state index contributed by atoms with van der Waals surface area (Å²) in [6.07, 6.45) is 1.58. The van der Waals surface area contributed by atoms with Gasteiger partial charge in [-0.1, -0.05) is 18.9 Å². The van der Waals surface area contributed by atoms with Gasteiger partial charge in [0.25, 0.3) is 0 Å². The van der Waals surface area contributed by atoms with E-state index in [2.05, 4.69) is 15.2 Å². The van der Waals surface area contributed by atoms with E-state index < -0.39 is 0 Å². The first kappa shape index (κ1) is 14.0. The lowest BCUT2D eigenvalue weighted by Crippen LogP contribution is -2.05. The number of aryl methyl sites for hydroxylation is 2. The molecule has 0 radical (unpaired) electrons. The number of rotatable bonds is 5. The molecule has 20 heavy (non-hydrogen) atoms. The zero-order valence-corrected chi connectivity index (χ0v) is 11.9. The first-order valence-corrected chi connectivity index (χ1v) is 6.51. The number of hydrogen-bond donors (Lipinski definition) is 1. The van der Waals surface area contributed by atoms with Crippen molar-refractivity contribution in [2.45, 2.75) is 26.7 Å². The molecule has 0 atom stereocenters. The van der Waals surface area contributed by atoms with Crippen LogP contribution in [0.3, 0.4) is 0 Å². The third-order valence-electron chi connectivity index (χ3n) is 2.91. The Morgan fingerprint density at radius 3 is 2.45 bits per heavy atom. The monoisotopic (exact) mass is 274 g/mol. The summed E-state index contributed by atoms with van der Waals surface area (Å²) in [5, 5.41) is 8.09. The van der Waals surface area contributed by atoms with Gasteiger partial charge in [0.1, 0.15) is 5.75 Å². The zero-order chi connectivity index (χ0) is 14.5. The van der Waals surface area contributed by atoms with E-state index in [1.807, 2.05) is 13.8 Å². The minimum Gasteiger partial charge on any atom is -0.497 e. The molecule has 0 aliphatic heterocycles. The normalized spacial score (nSPS) is 10.3. The average molecular weight is 274 g/mol. The summed E-state index contributed by atoms with van der Waals surface area (Å²) < 4.78 is 10.7. The number of hydrogen-bond acceptors (Lipinski definition) is 6. The van der Waals surface area contributed by atoms with Crippen molar-refractivity contribution in [1.82, 2.24) is 15.2 Å². The molecule has 1 heterocycles. The molecule has 0 aliphatic carbocycles. The maximum atomic E-state index is 5.89. The van der Waals surface area contributed by atoms with E-state index in [-0.39, 0.29) is 6.01 Å². The van der Waals surface area contributed by atoms with Crippen LogP contribution in [0.1, 0.15) is 25.2 Å². The second-order valence-corrected chi connectivity index (χ2v) is 4.20. The first-order chi connectivity index (χ1) is 9.67. The molecule has 0 fully saturated rings. The fourth-order valence-corrected chi connectivity index (χ4v) is 1.81. The summed E-state index contributed by atoms with van der Waals surface area (Å²) >= 11 is 0. The van der Waals surface area contributed by atoms with Gasteiger partial charge in [0, 0.05) is 6.07 Å². The van der Waals surface area contributed by atoms with Crippen LogP contribution in [-0.4, -0.2) is 22.3 Å². The molecule has 106 valence electrons. The number of nitrogen functional groups attached to an aromatic ring is 1. The van der Waals surface area contributed by atoms with Crippen molar-refractivity contribution in [3.63, 3.8) is 0 Å². The molecule has 2 rings (SSSR count). The summed E-state index contributed by atoms with van der Waals surface area (Å²) in [6.45, 7) is 4.04. The molecule has 1 aromatic carbocycles. The standard InChI is InChI=1S/C14H18N4O2/c1-4-11-12(5-2)17-18-14(16-11)20-13-7-6-9(19-3)8-10(13)15/h6-8H,4-5,15H2,1-3H3. The van der Waals surface area contributed by atoms with E-state index in [0.29, 0.717) is 17.2 Å². The molecule has 0 spiro atoms. The summed E-state index contributed by atoms with van der Waals surface area (Å²) in [4.78, 5) is 4.36. The van der Waals surface area contributed by atoms with Crippen LogP contribution in [0.15, 0.2) is 18.2 Å². The van der Waals surface area contributed by atoms with E-state index >= 15 is 0 Å². The first-order valence-electron chi connectivity index (χ1n) is 6.51. The number of aromatic nitrogens is 3. The Morgan fingerprint density at radius 2 is 1.85 bits per heavy atom. The number of anilines is 1. The van der Waals surface area contributed by atoms with Crippen LogP contribution in [0.4, 0.5) is 5.69 Å². The Balaban J connectivity index is 2.25. The average Bonchev–Trinajstić information content (AvgIpc) is 2.49. The van der Waals surface area contributed by atoms with Crippen LogP contribution in [0.25, 0.3) is 0 Å². The molecule has 0 aliphatic rings. The SMILES string of the molecule is CCc1nnc(Oc2ccc(OC)cc2N)nc1CC. The molecular weight excluding hydrogens is 256 g/mol. The Bertz CT molecular complexity index is 602. The molecule has 1 aromatic heterocycles. The molecule has 2 aromatic rings. The van der Waals surface area contributed by atoms with Crippen LogP contribution in [0, 0.1) is 0 Å². The van der Waals surface area contributed by atoms with E-state index in [0.717, 1.165) is 24.2 Å². The number of nitrogens with zero attached hydrogens (tertiary/aromatic N) is 3. The summed E-state index contributed by atoms with van der Waals surface area (Å²) in [7, 11) is 1.58. The molecule has 0 saturated heterocycles. The van der Waals surface area contributed by atoms with Gasteiger partial charge in [0.05, 0.1) is 24.2 Å². The number of ether oxygens (including phenoxy) is 2. The number of benzene rings is 1. The van der Waals surface area contributed by atoms with Crippen molar-refractivity contribution in [3.8, 4) is 17.5 Å². The highest BCUT2D eigenvalue weighted by Crippen LogP contribution is 2.29. The lowest BCUT2D eigenvalue weighted by Gasteiger charge is -2.09. The minimum absolute atomic E-state index is 0.205. The topological polar surface area (TPSA) is 83.2 Å². The Morgan fingerprint density at radius 1 is 1.10 bits per heavy atom. The van der Waals surface area contributed by atoms with Crippen molar-refractivity contribution in [1.29, 1.82) is 0 Å². The van der Waals surface area contributed by atoms with Crippen molar-refractivity contribution in [2.24, 2.45) is 0 Å². The lowest BCUT2D eigenvalue weighted by atomic mass is 10.2. The van der Waals surface area contributed by atoms with Crippen molar-refractivity contribution >= 4 is 5.69 Å². The Hall–Kier alpha value is -2.37. The van der Waals surface area contributed by atoms with E-state index in [1.165, 1.54) is 0 Å². The van der Waals surface area contributed by atoms with Gasteiger partial charge < -0.3 is 15.2 Å². The predicted octanol–water partition coefficient (Wildman–Crippen LogP) is 2.38. The molecule has 0 amide bonds. The molecule has 6 heteroatoms. The van der Waals surface area contributed by atoms with Gasteiger partial charge >= 0.3 is 6.01 Å². The largest absolute Gasteiger partial charge is 0.497 e. The summed E-state index contributed by atoms with van der Waals surface area (Å²) in [6, 6.07) is 5.37. The van der Waals surface area contributed by atoms with E-state index in [9.17, 15) is 0 Å². The van der Waals surface area contributed by atoms with Crippen LogP contribution in [-0.2, 0) is 12.8 Å². The fraction of sp³-hybridized carbons (Fsp3) is 0.357. The van der Waals surface area contributed by atoms with Gasteiger partial charge in [-0.25, -0.2) is 0 Å². The molecule has 0 bridgehead atoms. The highest BCUT2D eigenvalue weighted by Gasteiger charge is 2.10. The van der Waals surface area contributed by atoms with Gasteiger partial charge in [-0.15, -0.1) is 5.10 Å². The Kier molecular flexibility index (Phi) is 4.34. The summed E-state index contributed by atoms with van der Waals surface area (Å²) in [5.74, 6) is 1.16. The second kappa shape index (κ2) is 6.18. The van der Waals surface area contributed by atoms with Crippen molar-refractivity contribution < 1.29 is 9.47 Å². The van der Waals surface area contributed by atoms with Crippen LogP contribution in [0.5, 0.6) is 17.5 Å². The highest BCUT2D eigenvalue weighted by molar-refractivity contribution is 5.56. The summed E-state index contributed by atoms with van der Waals surface area (Å²) in [5.41, 5.74) is 8.14. The minimum atomic E-state index is 0.205. The molecule has 0 unspecified atom stereocenters. The quantitative estimate of drug-likeness (QED) is 0.843. The number of nitrogens with two attached hydrogens (primary N) is 1. The predicted molar refractivity (Wildman–Crippen MR) is 76.1 cm³/mol. The van der Waals surface area contributed by atoms with Gasteiger partial charge in [-0.05, 0) is 25.0 Å². The third-order valence-corrected chi connectivity index (χ3v) is 2.91. The van der Waals surface area contributed by atoms with Gasteiger partial charge in [0.15, 0.2) is 5.75 Å². The van der Waals surface area contributed by atoms with Gasteiger partial charge in [0.2, 0.25) is 0 Å². The van der Waals surface area contributed by atoms with Crippen LogP contribution in [0.2, 0.25) is 0 Å². The zero-order valence-electron chi connectivity index (χ0n) is 11.9. The van der Waals surface area contributed by atoms with Gasteiger partial charge in [-0.2, -0.15) is 4.98 Å². The van der Waals surface area contributed by atoms with Crippen molar-refractivity contribution in [3.05, 3.63) is 29.6 Å². The highest BCUT2D eigenvalue weighted by atomic mass is 16.5. The lowest BCUT2D eigenvalue weighted by molar-refractivity contribution is 0.409. The third kappa shape index (κ3) is 2.96. The second-order valence-electron chi connectivity index (χ2n) is 4.20. The van der Waals surface area contributed by atoms with E-state index in [4.69, 9.17) is 15.2 Å². The van der Waals surface area contributed by atoms with Crippen LogP contribution >= 0.6 is 0 Å². The maximum absolute atomic E-state index is 5.89. The number of methoxy groups -OCH3 is 1. The molecule has 2 N–H and O–H groups in total. The molecule has 6 nitrogen and oxygen atoms in total. The molecular formula is C14H18N4O2. The fourth-order valence-electron chi connectivity index (χ4n) is 1.81. The van der Waals surface area contributed by atoms with Crippen molar-refractivity contribution in [2.75, 3.05) is 12.8 Å². The van der Waals surface area contributed by atoms with Crippen LogP contribution < -0.4 is 15.2 Å². The maximum Gasteiger partial charge on any atom is 0.341 e. The van der Waals surface area contributed by atoms with E-state index in [1.54, 1.807) is 25.3 Å². The van der Waals surface area contributed by atoms with Gasteiger partial charge in [-0.3, -0.25) is 0 Å². The Labute approximate surface area is 118 Å². The molecule has 0 saturated carbocycles. The smallest absolute Gasteiger partial charge is 0.341 e.